The highest BCUT2D eigenvalue weighted by Crippen LogP contribution is 2.29. The van der Waals surface area contributed by atoms with Gasteiger partial charge in [0.05, 0.1) is 23.7 Å². The summed E-state index contributed by atoms with van der Waals surface area (Å²) in [6.45, 7) is 3.94. The molecule has 0 saturated carbocycles. The molecule has 4 aromatic rings. The number of hydrogen-bond acceptors (Lipinski definition) is 6. The van der Waals surface area contributed by atoms with Gasteiger partial charge in [0.15, 0.2) is 5.82 Å². The summed E-state index contributed by atoms with van der Waals surface area (Å²) in [7, 11) is 1.57. The summed E-state index contributed by atoms with van der Waals surface area (Å²) in [5.74, 6) is -0.0403. The highest BCUT2D eigenvalue weighted by molar-refractivity contribution is 7.20. The topological polar surface area (TPSA) is 93.3 Å². The number of anilines is 1. The Morgan fingerprint density at radius 3 is 2.65 bits per heavy atom. The molecule has 160 valence electrons. The Morgan fingerprint density at radius 1 is 1.23 bits per heavy atom. The van der Waals surface area contributed by atoms with Gasteiger partial charge in [0, 0.05) is 18.5 Å². The van der Waals surface area contributed by atoms with E-state index in [0.717, 1.165) is 21.5 Å². The van der Waals surface area contributed by atoms with Crippen LogP contribution in [0.15, 0.2) is 40.9 Å². The zero-order valence-corrected chi connectivity index (χ0v) is 18.0. The van der Waals surface area contributed by atoms with E-state index in [4.69, 9.17) is 4.52 Å². The number of thiophene rings is 1. The number of aryl methyl sites for hydroxylation is 2. The van der Waals surface area contributed by atoms with Crippen LogP contribution >= 0.6 is 11.3 Å². The molecule has 0 unspecified atom stereocenters. The van der Waals surface area contributed by atoms with E-state index in [0.29, 0.717) is 23.0 Å². The van der Waals surface area contributed by atoms with Gasteiger partial charge in [0.2, 0.25) is 5.91 Å². The van der Waals surface area contributed by atoms with Crippen LogP contribution < -0.4 is 5.32 Å². The minimum absolute atomic E-state index is 0.125. The molecule has 1 N–H and O–H groups in total. The van der Waals surface area contributed by atoms with E-state index in [2.05, 4.69) is 15.6 Å². The molecule has 31 heavy (non-hydrogen) atoms. The Bertz CT molecular complexity index is 1260. The minimum atomic E-state index is -0.371. The Morgan fingerprint density at radius 2 is 1.97 bits per heavy atom. The van der Waals surface area contributed by atoms with Crippen molar-refractivity contribution in [1.29, 1.82) is 0 Å². The van der Waals surface area contributed by atoms with Crippen molar-refractivity contribution < 1.29 is 18.5 Å². The first-order valence-corrected chi connectivity index (χ1v) is 10.3. The maximum Gasteiger partial charge on any atom is 0.264 e. The first-order valence-electron chi connectivity index (χ1n) is 9.50. The fourth-order valence-electron chi connectivity index (χ4n) is 3.17. The summed E-state index contributed by atoms with van der Waals surface area (Å²) in [5, 5.41) is 11.7. The van der Waals surface area contributed by atoms with Gasteiger partial charge in [-0.15, -0.1) is 11.3 Å². The minimum Gasteiger partial charge on any atom is -0.360 e. The number of carbonyl (C=O) groups excluding carboxylic acids is 2. The van der Waals surface area contributed by atoms with Gasteiger partial charge in [-0.1, -0.05) is 17.3 Å². The van der Waals surface area contributed by atoms with Gasteiger partial charge in [-0.05, 0) is 37.6 Å². The summed E-state index contributed by atoms with van der Waals surface area (Å²) in [6.07, 6.45) is 0. The second-order valence-electron chi connectivity index (χ2n) is 7.23. The number of amides is 2. The maximum absolute atomic E-state index is 13.2. The summed E-state index contributed by atoms with van der Waals surface area (Å²) in [4.78, 5) is 27.8. The van der Waals surface area contributed by atoms with Crippen LogP contribution in [0.4, 0.5) is 10.2 Å². The zero-order chi connectivity index (χ0) is 22.1. The first-order chi connectivity index (χ1) is 14.8. The smallest absolute Gasteiger partial charge is 0.264 e. The molecule has 0 radical (unpaired) electrons. The molecule has 0 atom stereocenters. The molecule has 0 bridgehead atoms. The van der Waals surface area contributed by atoms with Crippen LogP contribution in [0, 0.1) is 19.7 Å². The maximum atomic E-state index is 13.2. The summed E-state index contributed by atoms with van der Waals surface area (Å²) in [6, 6.07) is 9.63. The van der Waals surface area contributed by atoms with Crippen LogP contribution in [0.25, 0.3) is 10.2 Å². The van der Waals surface area contributed by atoms with E-state index in [1.807, 2.05) is 6.92 Å². The van der Waals surface area contributed by atoms with Crippen molar-refractivity contribution >= 4 is 39.2 Å². The van der Waals surface area contributed by atoms with Gasteiger partial charge < -0.3 is 14.7 Å². The van der Waals surface area contributed by atoms with Crippen molar-refractivity contribution in [1.82, 2.24) is 19.8 Å². The predicted molar refractivity (Wildman–Crippen MR) is 115 cm³/mol. The van der Waals surface area contributed by atoms with Crippen molar-refractivity contribution in [3.05, 3.63) is 64.1 Å². The molecular weight excluding hydrogens is 421 g/mol. The molecule has 0 fully saturated rings. The molecule has 10 heteroatoms. The molecule has 0 saturated heterocycles. The number of carbonyl (C=O) groups is 2. The number of hydrogen-bond donors (Lipinski definition) is 1. The monoisotopic (exact) mass is 441 g/mol. The SMILES string of the molecule is Cc1cc(NC(=O)CN(C)C(=O)c2cc3c(C)nn(Cc4ccc(F)cc4)c3s2)no1. The number of rotatable bonds is 6. The predicted octanol–water partition coefficient (Wildman–Crippen LogP) is 3.60. The van der Waals surface area contributed by atoms with Crippen molar-refractivity contribution in [2.24, 2.45) is 0 Å². The van der Waals surface area contributed by atoms with E-state index in [1.165, 1.54) is 28.4 Å². The standard InChI is InChI=1S/C21H20FN5O3S/c1-12-8-18(25-30-12)23-19(28)11-26(3)20(29)17-9-16-13(2)24-27(21(16)31-17)10-14-4-6-15(22)7-5-14/h4-9H,10-11H2,1-3H3,(H,23,25,28). The number of likely N-dealkylation sites (N-methyl/N-ethyl adjacent to an activating group) is 1. The average molecular weight is 441 g/mol. The molecule has 3 aromatic heterocycles. The van der Waals surface area contributed by atoms with Gasteiger partial charge in [-0.2, -0.15) is 5.10 Å². The molecule has 2 amide bonds. The molecule has 0 aliphatic carbocycles. The Hall–Kier alpha value is -3.53. The van der Waals surface area contributed by atoms with Gasteiger partial charge in [-0.3, -0.25) is 14.3 Å². The van der Waals surface area contributed by atoms with Crippen LogP contribution in [-0.4, -0.2) is 45.2 Å². The van der Waals surface area contributed by atoms with Crippen LogP contribution in [0.2, 0.25) is 0 Å². The van der Waals surface area contributed by atoms with Gasteiger partial charge in [-0.25, -0.2) is 4.39 Å². The quantitative estimate of drug-likeness (QED) is 0.494. The van der Waals surface area contributed by atoms with Crippen molar-refractivity contribution in [3.8, 4) is 0 Å². The van der Waals surface area contributed by atoms with E-state index in [-0.39, 0.29) is 24.2 Å². The fraction of sp³-hybridized carbons (Fsp3) is 0.238. The van der Waals surface area contributed by atoms with Crippen LogP contribution in [0.1, 0.15) is 26.7 Å². The number of fused-ring (bicyclic) bond motifs is 1. The summed E-state index contributed by atoms with van der Waals surface area (Å²) in [5.41, 5.74) is 1.71. The van der Waals surface area contributed by atoms with Gasteiger partial charge in [0.1, 0.15) is 16.4 Å². The molecule has 0 aliphatic rings. The van der Waals surface area contributed by atoms with E-state index in [9.17, 15) is 14.0 Å². The van der Waals surface area contributed by atoms with Crippen LogP contribution in [0.3, 0.4) is 0 Å². The second-order valence-corrected chi connectivity index (χ2v) is 8.26. The third-order valence-corrected chi connectivity index (χ3v) is 5.82. The molecule has 4 rings (SSSR count). The zero-order valence-electron chi connectivity index (χ0n) is 17.2. The van der Waals surface area contributed by atoms with Gasteiger partial charge in [0.25, 0.3) is 5.91 Å². The number of halogens is 1. The molecule has 3 heterocycles. The molecule has 8 nitrogen and oxygen atoms in total. The average Bonchev–Trinajstić information content (AvgIpc) is 3.41. The largest absolute Gasteiger partial charge is 0.360 e. The summed E-state index contributed by atoms with van der Waals surface area (Å²) < 4.78 is 19.9. The fourth-order valence-corrected chi connectivity index (χ4v) is 4.33. The highest BCUT2D eigenvalue weighted by Gasteiger charge is 2.21. The lowest BCUT2D eigenvalue weighted by atomic mass is 10.2. The molecule has 0 spiro atoms. The van der Waals surface area contributed by atoms with E-state index >= 15 is 0 Å². The lowest BCUT2D eigenvalue weighted by molar-refractivity contribution is -0.116. The summed E-state index contributed by atoms with van der Waals surface area (Å²) >= 11 is 1.31. The first kappa shape index (κ1) is 20.7. The molecular formula is C21H20FN5O3S. The van der Waals surface area contributed by atoms with Crippen molar-refractivity contribution in [2.75, 3.05) is 18.9 Å². The Kier molecular flexibility index (Phi) is 5.55. The highest BCUT2D eigenvalue weighted by atomic mass is 32.1. The van der Waals surface area contributed by atoms with E-state index in [1.54, 1.807) is 42.9 Å². The van der Waals surface area contributed by atoms with Crippen molar-refractivity contribution in [3.63, 3.8) is 0 Å². The number of aromatic nitrogens is 3. The number of benzene rings is 1. The number of nitrogens with zero attached hydrogens (tertiary/aromatic N) is 4. The normalized spacial score (nSPS) is 11.1. The third-order valence-electron chi connectivity index (χ3n) is 4.69. The van der Waals surface area contributed by atoms with Crippen LogP contribution in [0.5, 0.6) is 0 Å². The third kappa shape index (κ3) is 4.48. The lowest BCUT2D eigenvalue weighted by Crippen LogP contribution is -2.34. The van der Waals surface area contributed by atoms with Crippen molar-refractivity contribution in [2.45, 2.75) is 20.4 Å². The molecule has 0 aliphatic heterocycles. The van der Waals surface area contributed by atoms with Crippen LogP contribution in [-0.2, 0) is 11.3 Å². The Balaban J connectivity index is 1.48. The lowest BCUT2D eigenvalue weighted by Gasteiger charge is -2.15. The molecule has 1 aromatic carbocycles. The van der Waals surface area contributed by atoms with E-state index < -0.39 is 0 Å². The second kappa shape index (κ2) is 8.31. The number of nitrogens with one attached hydrogen (secondary N) is 1. The Labute approximate surface area is 181 Å². The van der Waals surface area contributed by atoms with Gasteiger partial charge >= 0.3 is 0 Å².